The van der Waals surface area contributed by atoms with Gasteiger partial charge in [-0.3, -0.25) is 14.4 Å². The molecule has 156 valence electrons. The topological polar surface area (TPSA) is 84.5 Å². The lowest BCUT2D eigenvalue weighted by atomic mass is 10.1. The summed E-state index contributed by atoms with van der Waals surface area (Å²) in [6, 6.07) is 13.7. The Morgan fingerprint density at radius 3 is 2.50 bits per heavy atom. The third-order valence-corrected chi connectivity index (χ3v) is 4.96. The average Bonchev–Trinajstić information content (AvgIpc) is 3.25. The standard InChI is InChI=1S/C24H26N2O4/c1-17(27)30-22-8-4-7-20(15-22)24(29)26-21-12-9-19(10-13-21)16-25-23(28)14-11-18-5-2-3-6-18/h4,7-15,18H,2-3,5-6,16H2,1H3,(H,25,28)(H,26,29)/b14-11+. The van der Waals surface area contributed by atoms with Crippen LogP contribution in [0.1, 0.15) is 48.5 Å². The van der Waals surface area contributed by atoms with E-state index >= 15 is 0 Å². The van der Waals surface area contributed by atoms with Gasteiger partial charge in [-0.25, -0.2) is 0 Å². The second-order valence-corrected chi connectivity index (χ2v) is 7.39. The Morgan fingerprint density at radius 2 is 1.80 bits per heavy atom. The molecule has 3 rings (SSSR count). The molecule has 2 aromatic carbocycles. The molecule has 0 atom stereocenters. The van der Waals surface area contributed by atoms with Crippen molar-refractivity contribution in [1.29, 1.82) is 0 Å². The number of carbonyl (C=O) groups excluding carboxylic acids is 3. The smallest absolute Gasteiger partial charge is 0.308 e. The van der Waals surface area contributed by atoms with Crippen LogP contribution in [0.2, 0.25) is 0 Å². The number of ether oxygens (including phenoxy) is 1. The largest absolute Gasteiger partial charge is 0.427 e. The first-order valence-corrected chi connectivity index (χ1v) is 10.1. The van der Waals surface area contributed by atoms with Crippen molar-refractivity contribution in [3.05, 3.63) is 71.8 Å². The lowest BCUT2D eigenvalue weighted by Crippen LogP contribution is -2.20. The van der Waals surface area contributed by atoms with Gasteiger partial charge in [0.1, 0.15) is 5.75 Å². The highest BCUT2D eigenvalue weighted by Crippen LogP contribution is 2.25. The number of allylic oxidation sites excluding steroid dienone is 1. The van der Waals surface area contributed by atoms with Crippen molar-refractivity contribution in [2.24, 2.45) is 5.92 Å². The molecular weight excluding hydrogens is 380 g/mol. The number of rotatable bonds is 7. The van der Waals surface area contributed by atoms with E-state index < -0.39 is 5.97 Å². The van der Waals surface area contributed by atoms with E-state index in [4.69, 9.17) is 4.74 Å². The molecule has 2 N–H and O–H groups in total. The van der Waals surface area contributed by atoms with E-state index in [-0.39, 0.29) is 11.8 Å². The van der Waals surface area contributed by atoms with Gasteiger partial charge in [-0.15, -0.1) is 0 Å². The van der Waals surface area contributed by atoms with Gasteiger partial charge in [-0.2, -0.15) is 0 Å². The summed E-state index contributed by atoms with van der Waals surface area (Å²) in [5.74, 6) is 0.0230. The third-order valence-electron chi connectivity index (χ3n) is 4.96. The maximum absolute atomic E-state index is 12.4. The lowest BCUT2D eigenvalue weighted by molar-refractivity contribution is -0.131. The molecule has 6 heteroatoms. The van der Waals surface area contributed by atoms with Gasteiger partial charge in [-0.05, 0) is 60.7 Å². The van der Waals surface area contributed by atoms with Crippen LogP contribution in [0.15, 0.2) is 60.7 Å². The molecule has 2 amide bonds. The van der Waals surface area contributed by atoms with E-state index in [1.165, 1.54) is 38.7 Å². The van der Waals surface area contributed by atoms with Crippen LogP contribution in [0, 0.1) is 5.92 Å². The molecule has 0 bridgehead atoms. The fourth-order valence-corrected chi connectivity index (χ4v) is 3.40. The number of nitrogens with one attached hydrogen (secondary N) is 2. The van der Waals surface area contributed by atoms with E-state index in [0.717, 1.165) is 5.56 Å². The second-order valence-electron chi connectivity index (χ2n) is 7.39. The number of hydrogen-bond acceptors (Lipinski definition) is 4. The minimum Gasteiger partial charge on any atom is -0.427 e. The fraction of sp³-hybridized carbons (Fsp3) is 0.292. The van der Waals surface area contributed by atoms with Gasteiger partial charge in [0.15, 0.2) is 0 Å². The van der Waals surface area contributed by atoms with E-state index in [2.05, 4.69) is 10.6 Å². The highest BCUT2D eigenvalue weighted by atomic mass is 16.5. The van der Waals surface area contributed by atoms with Crippen LogP contribution < -0.4 is 15.4 Å². The Morgan fingerprint density at radius 1 is 1.07 bits per heavy atom. The number of esters is 1. The number of benzene rings is 2. The minimum atomic E-state index is -0.440. The summed E-state index contributed by atoms with van der Waals surface area (Å²) in [6.07, 6.45) is 8.48. The Balaban J connectivity index is 1.49. The number of anilines is 1. The van der Waals surface area contributed by atoms with Crippen LogP contribution in [0.3, 0.4) is 0 Å². The zero-order chi connectivity index (χ0) is 21.3. The molecule has 1 saturated carbocycles. The molecule has 30 heavy (non-hydrogen) atoms. The van der Waals surface area contributed by atoms with Crippen LogP contribution in [0.5, 0.6) is 5.75 Å². The summed E-state index contributed by atoms with van der Waals surface area (Å²) in [4.78, 5) is 35.4. The molecule has 0 saturated heterocycles. The molecular formula is C24H26N2O4. The first kappa shape index (κ1) is 21.3. The molecule has 1 aliphatic rings. The van der Waals surface area contributed by atoms with Gasteiger partial charge in [0.05, 0.1) is 0 Å². The van der Waals surface area contributed by atoms with E-state index in [0.29, 0.717) is 29.5 Å². The molecule has 0 unspecified atom stereocenters. The van der Waals surface area contributed by atoms with Gasteiger partial charge in [-0.1, -0.05) is 37.1 Å². The second kappa shape index (κ2) is 10.4. The van der Waals surface area contributed by atoms with Crippen molar-refractivity contribution < 1.29 is 19.1 Å². The Bertz CT molecular complexity index is 928. The highest BCUT2D eigenvalue weighted by Gasteiger charge is 2.12. The first-order valence-electron chi connectivity index (χ1n) is 10.1. The number of amides is 2. The molecule has 0 spiro atoms. The van der Waals surface area contributed by atoms with E-state index in [1.54, 1.807) is 36.4 Å². The van der Waals surface area contributed by atoms with Crippen LogP contribution >= 0.6 is 0 Å². The van der Waals surface area contributed by atoms with Crippen LogP contribution in [0.25, 0.3) is 0 Å². The maximum atomic E-state index is 12.4. The molecule has 0 aromatic heterocycles. The summed E-state index contributed by atoms with van der Waals surface area (Å²) >= 11 is 0. The SMILES string of the molecule is CC(=O)Oc1cccc(C(=O)Nc2ccc(CNC(=O)/C=C/C3CCCC3)cc2)c1. The predicted molar refractivity (Wildman–Crippen MR) is 115 cm³/mol. The lowest BCUT2D eigenvalue weighted by Gasteiger charge is -2.08. The third kappa shape index (κ3) is 6.58. The zero-order valence-corrected chi connectivity index (χ0v) is 17.0. The predicted octanol–water partition coefficient (Wildman–Crippen LogP) is 4.23. The summed E-state index contributed by atoms with van der Waals surface area (Å²) in [5.41, 5.74) is 1.96. The Labute approximate surface area is 176 Å². The Kier molecular flexibility index (Phi) is 7.38. The summed E-state index contributed by atoms with van der Waals surface area (Å²) in [7, 11) is 0. The summed E-state index contributed by atoms with van der Waals surface area (Å²) in [6.45, 7) is 1.73. The first-order chi connectivity index (χ1) is 14.5. The Hall–Kier alpha value is -3.41. The fourth-order valence-electron chi connectivity index (χ4n) is 3.40. The van der Waals surface area contributed by atoms with Crippen molar-refractivity contribution >= 4 is 23.5 Å². The van der Waals surface area contributed by atoms with Crippen LogP contribution in [-0.4, -0.2) is 17.8 Å². The minimum absolute atomic E-state index is 0.0908. The summed E-state index contributed by atoms with van der Waals surface area (Å²) in [5, 5.41) is 5.68. The molecule has 1 fully saturated rings. The van der Waals surface area contributed by atoms with E-state index in [1.807, 2.05) is 18.2 Å². The van der Waals surface area contributed by atoms with Gasteiger partial charge < -0.3 is 15.4 Å². The van der Waals surface area contributed by atoms with E-state index in [9.17, 15) is 14.4 Å². The maximum Gasteiger partial charge on any atom is 0.308 e. The molecule has 0 aliphatic heterocycles. The monoisotopic (exact) mass is 406 g/mol. The number of hydrogen-bond donors (Lipinski definition) is 2. The average molecular weight is 406 g/mol. The molecule has 0 heterocycles. The van der Waals surface area contributed by atoms with Gasteiger partial charge in [0.25, 0.3) is 5.91 Å². The van der Waals surface area contributed by atoms with Gasteiger partial charge >= 0.3 is 5.97 Å². The van der Waals surface area contributed by atoms with Gasteiger partial charge in [0, 0.05) is 24.7 Å². The van der Waals surface area contributed by atoms with Gasteiger partial charge in [0.2, 0.25) is 5.91 Å². The van der Waals surface area contributed by atoms with Crippen LogP contribution in [-0.2, 0) is 16.1 Å². The van der Waals surface area contributed by atoms with Crippen molar-refractivity contribution in [2.45, 2.75) is 39.2 Å². The molecule has 0 radical (unpaired) electrons. The van der Waals surface area contributed by atoms with Crippen molar-refractivity contribution in [3.8, 4) is 5.75 Å². The highest BCUT2D eigenvalue weighted by molar-refractivity contribution is 6.04. The zero-order valence-electron chi connectivity index (χ0n) is 17.0. The molecule has 2 aromatic rings. The summed E-state index contributed by atoms with van der Waals surface area (Å²) < 4.78 is 5.01. The quantitative estimate of drug-likeness (QED) is 0.409. The van der Waals surface area contributed by atoms with Crippen molar-refractivity contribution in [2.75, 3.05) is 5.32 Å². The normalized spacial score (nSPS) is 13.9. The molecule has 1 aliphatic carbocycles. The van der Waals surface area contributed by atoms with Crippen molar-refractivity contribution in [3.63, 3.8) is 0 Å². The number of carbonyl (C=O) groups is 3. The van der Waals surface area contributed by atoms with Crippen molar-refractivity contribution in [1.82, 2.24) is 5.32 Å². The molecule has 6 nitrogen and oxygen atoms in total. The van der Waals surface area contributed by atoms with Crippen LogP contribution in [0.4, 0.5) is 5.69 Å².